The molecule has 0 saturated carbocycles. The maximum absolute atomic E-state index is 13.0. The molecule has 1 rings (SSSR count). The number of carbonyl (C=O) groups is 1. The third-order valence-corrected chi connectivity index (χ3v) is 1.87. The van der Waals surface area contributed by atoms with Gasteiger partial charge in [0.25, 0.3) is 0 Å². The van der Waals surface area contributed by atoms with Gasteiger partial charge in [0.15, 0.2) is 0 Å². The lowest BCUT2D eigenvalue weighted by molar-refractivity contribution is -0.137. The average molecular weight is 212 g/mol. The van der Waals surface area contributed by atoms with Gasteiger partial charge in [0.2, 0.25) is 5.83 Å². The number of thiol groups is 1. The van der Waals surface area contributed by atoms with Crippen molar-refractivity contribution in [2.24, 2.45) is 0 Å². The summed E-state index contributed by atoms with van der Waals surface area (Å²) >= 11 is 4.08. The molecule has 4 heteroatoms. The van der Waals surface area contributed by atoms with Gasteiger partial charge in [0.1, 0.15) is 0 Å². The highest BCUT2D eigenvalue weighted by Crippen LogP contribution is 2.12. The Bertz CT molecular complexity index is 357. The molecule has 0 unspecified atom stereocenters. The topological polar surface area (TPSA) is 26.3 Å². The van der Waals surface area contributed by atoms with Gasteiger partial charge in [-0.05, 0) is 23.8 Å². The van der Waals surface area contributed by atoms with E-state index in [4.69, 9.17) is 0 Å². The van der Waals surface area contributed by atoms with E-state index in [1.165, 1.54) is 0 Å². The SMILES string of the molecule is COC(=O)C(F)=Cc1ccc(S)cc1. The maximum Gasteiger partial charge on any atom is 0.366 e. The minimum atomic E-state index is -0.972. The minimum absolute atomic E-state index is 0.589. The molecule has 0 radical (unpaired) electrons. The van der Waals surface area contributed by atoms with Gasteiger partial charge in [-0.15, -0.1) is 12.6 Å². The average Bonchev–Trinajstić information content (AvgIpc) is 2.20. The van der Waals surface area contributed by atoms with Crippen molar-refractivity contribution in [3.8, 4) is 0 Å². The molecule has 0 aliphatic heterocycles. The summed E-state index contributed by atoms with van der Waals surface area (Å²) in [4.78, 5) is 11.5. The number of hydrogen-bond donors (Lipinski definition) is 1. The Hall–Kier alpha value is -1.29. The Kier molecular flexibility index (Phi) is 3.71. The quantitative estimate of drug-likeness (QED) is 0.463. The molecular formula is C10H9FO2S. The lowest BCUT2D eigenvalue weighted by Crippen LogP contribution is -1.99. The number of methoxy groups -OCH3 is 1. The molecule has 0 spiro atoms. The van der Waals surface area contributed by atoms with E-state index < -0.39 is 11.8 Å². The Labute approximate surface area is 86.8 Å². The van der Waals surface area contributed by atoms with Crippen LogP contribution in [0.25, 0.3) is 6.08 Å². The second-order valence-corrected chi connectivity index (χ2v) is 3.09. The van der Waals surface area contributed by atoms with Gasteiger partial charge in [-0.2, -0.15) is 4.39 Å². The van der Waals surface area contributed by atoms with Crippen LogP contribution in [0.1, 0.15) is 5.56 Å². The van der Waals surface area contributed by atoms with Gasteiger partial charge in [-0.3, -0.25) is 0 Å². The number of hydrogen-bond acceptors (Lipinski definition) is 3. The van der Waals surface area contributed by atoms with E-state index in [1.54, 1.807) is 24.3 Å². The van der Waals surface area contributed by atoms with Crippen molar-refractivity contribution in [2.45, 2.75) is 4.90 Å². The Morgan fingerprint density at radius 2 is 2.00 bits per heavy atom. The molecule has 0 amide bonds. The van der Waals surface area contributed by atoms with E-state index in [0.717, 1.165) is 18.1 Å². The smallest absolute Gasteiger partial charge is 0.366 e. The summed E-state index contributed by atoms with van der Waals surface area (Å²) in [5, 5.41) is 0. The van der Waals surface area contributed by atoms with Crippen LogP contribution in [0.15, 0.2) is 35.0 Å². The number of halogens is 1. The second kappa shape index (κ2) is 4.81. The van der Waals surface area contributed by atoms with Crippen LogP contribution in [-0.4, -0.2) is 13.1 Å². The maximum atomic E-state index is 13.0. The monoisotopic (exact) mass is 212 g/mol. The van der Waals surface area contributed by atoms with Gasteiger partial charge < -0.3 is 4.74 Å². The Balaban J connectivity index is 2.86. The molecule has 2 nitrogen and oxygen atoms in total. The summed E-state index contributed by atoms with van der Waals surface area (Å²) in [7, 11) is 1.13. The van der Waals surface area contributed by atoms with Gasteiger partial charge >= 0.3 is 5.97 Å². The van der Waals surface area contributed by atoms with Gasteiger partial charge in [-0.25, -0.2) is 4.79 Å². The summed E-state index contributed by atoms with van der Waals surface area (Å²) in [5.41, 5.74) is 0.589. The van der Waals surface area contributed by atoms with Crippen molar-refractivity contribution in [2.75, 3.05) is 7.11 Å². The predicted octanol–water partition coefficient (Wildman–Crippen LogP) is 2.46. The van der Waals surface area contributed by atoms with Crippen LogP contribution in [0.5, 0.6) is 0 Å². The number of ether oxygens (including phenoxy) is 1. The largest absolute Gasteiger partial charge is 0.464 e. The predicted molar refractivity (Wildman–Crippen MR) is 54.8 cm³/mol. The zero-order valence-corrected chi connectivity index (χ0v) is 8.42. The molecule has 0 heterocycles. The van der Waals surface area contributed by atoms with Crippen molar-refractivity contribution in [3.05, 3.63) is 35.7 Å². The molecule has 0 fully saturated rings. The van der Waals surface area contributed by atoms with Crippen molar-refractivity contribution in [1.82, 2.24) is 0 Å². The zero-order valence-electron chi connectivity index (χ0n) is 7.53. The first-order chi connectivity index (χ1) is 6.63. The summed E-state index contributed by atoms with van der Waals surface area (Å²) < 4.78 is 17.2. The molecule has 0 saturated heterocycles. The summed E-state index contributed by atoms with van der Waals surface area (Å²) in [6, 6.07) is 6.73. The Morgan fingerprint density at radius 3 is 2.50 bits per heavy atom. The van der Waals surface area contributed by atoms with E-state index in [1.807, 2.05) is 0 Å². The van der Waals surface area contributed by atoms with Crippen LogP contribution in [0.3, 0.4) is 0 Å². The normalized spacial score (nSPS) is 11.2. The lowest BCUT2D eigenvalue weighted by Gasteiger charge is -1.96. The van der Waals surface area contributed by atoms with E-state index in [9.17, 15) is 9.18 Å². The van der Waals surface area contributed by atoms with Gasteiger partial charge in [-0.1, -0.05) is 12.1 Å². The molecule has 14 heavy (non-hydrogen) atoms. The van der Waals surface area contributed by atoms with Crippen LogP contribution < -0.4 is 0 Å². The first kappa shape index (κ1) is 10.8. The third kappa shape index (κ3) is 2.88. The molecule has 0 aromatic heterocycles. The Morgan fingerprint density at radius 1 is 1.43 bits per heavy atom. The van der Waals surface area contributed by atoms with E-state index in [-0.39, 0.29) is 0 Å². The van der Waals surface area contributed by atoms with E-state index >= 15 is 0 Å². The summed E-state index contributed by atoms with van der Waals surface area (Å²) in [5.74, 6) is -1.89. The highest BCUT2D eigenvalue weighted by molar-refractivity contribution is 7.80. The van der Waals surface area contributed by atoms with E-state index in [2.05, 4.69) is 17.4 Å². The first-order valence-electron chi connectivity index (χ1n) is 3.88. The number of benzene rings is 1. The molecule has 0 bridgehead atoms. The van der Waals surface area contributed by atoms with Crippen molar-refractivity contribution < 1.29 is 13.9 Å². The minimum Gasteiger partial charge on any atom is -0.464 e. The summed E-state index contributed by atoms with van der Waals surface area (Å²) in [6.45, 7) is 0. The highest BCUT2D eigenvalue weighted by atomic mass is 32.1. The molecule has 1 aromatic rings. The molecule has 74 valence electrons. The van der Waals surface area contributed by atoms with Gasteiger partial charge in [0.05, 0.1) is 7.11 Å². The number of rotatable bonds is 2. The van der Waals surface area contributed by atoms with Crippen LogP contribution >= 0.6 is 12.6 Å². The molecule has 0 aliphatic carbocycles. The molecule has 0 atom stereocenters. The van der Waals surface area contributed by atoms with Crippen LogP contribution in [0.4, 0.5) is 4.39 Å². The van der Waals surface area contributed by atoms with Crippen LogP contribution in [0, 0.1) is 0 Å². The number of carbonyl (C=O) groups excluding carboxylic acids is 1. The fraction of sp³-hybridized carbons (Fsp3) is 0.100. The van der Waals surface area contributed by atoms with Crippen molar-refractivity contribution in [3.63, 3.8) is 0 Å². The standard InChI is InChI=1S/C10H9FO2S/c1-13-10(12)9(11)6-7-2-4-8(14)5-3-7/h2-6,14H,1H3. The third-order valence-electron chi connectivity index (χ3n) is 1.57. The molecule has 0 N–H and O–H groups in total. The van der Waals surface area contributed by atoms with Crippen molar-refractivity contribution >= 4 is 24.7 Å². The highest BCUT2D eigenvalue weighted by Gasteiger charge is 2.07. The first-order valence-corrected chi connectivity index (χ1v) is 4.33. The van der Waals surface area contributed by atoms with Crippen molar-refractivity contribution in [1.29, 1.82) is 0 Å². The fourth-order valence-corrected chi connectivity index (χ4v) is 1.02. The molecule has 1 aromatic carbocycles. The molecule has 0 aliphatic rings. The fourth-order valence-electron chi connectivity index (χ4n) is 0.873. The second-order valence-electron chi connectivity index (χ2n) is 2.58. The van der Waals surface area contributed by atoms with Crippen LogP contribution in [0.2, 0.25) is 0 Å². The van der Waals surface area contributed by atoms with Gasteiger partial charge in [0, 0.05) is 4.90 Å². The van der Waals surface area contributed by atoms with Crippen LogP contribution in [-0.2, 0) is 9.53 Å². The van der Waals surface area contributed by atoms with E-state index in [0.29, 0.717) is 5.56 Å². The summed E-state index contributed by atoms with van der Waals surface area (Å²) in [6.07, 6.45) is 1.11. The zero-order chi connectivity index (χ0) is 10.6. The molecular weight excluding hydrogens is 203 g/mol. The lowest BCUT2D eigenvalue weighted by atomic mass is 10.2. The number of esters is 1.